The lowest BCUT2D eigenvalue weighted by Gasteiger charge is -2.21. The Morgan fingerprint density at radius 2 is 0.938 bits per heavy atom. The van der Waals surface area contributed by atoms with E-state index in [9.17, 15) is 0 Å². The Balaban J connectivity index is 0.00000512. The van der Waals surface area contributed by atoms with Crippen LogP contribution in [0.2, 0.25) is 0 Å². The van der Waals surface area contributed by atoms with Crippen molar-refractivity contribution in [3.05, 3.63) is 47.5 Å². The molecule has 0 aliphatic heterocycles. The maximum absolute atomic E-state index is 5.40. The molecule has 0 bridgehead atoms. The lowest BCUT2D eigenvalue weighted by Crippen LogP contribution is -2.28. The van der Waals surface area contributed by atoms with Crippen LogP contribution in [0.3, 0.4) is 0 Å². The van der Waals surface area contributed by atoms with Gasteiger partial charge in [0.25, 0.3) is 0 Å². The van der Waals surface area contributed by atoms with Gasteiger partial charge in [0, 0.05) is 13.1 Å². The van der Waals surface area contributed by atoms with Gasteiger partial charge in [-0.05, 0) is 81.8 Å². The number of methoxy groups -OCH3 is 4. The minimum Gasteiger partial charge on any atom is -0.493 e. The minimum absolute atomic E-state index is 0. The summed E-state index contributed by atoms with van der Waals surface area (Å²) < 4.78 is 21.4. The molecule has 0 amide bonds. The highest BCUT2D eigenvalue weighted by atomic mass is 35.5. The van der Waals surface area contributed by atoms with Gasteiger partial charge < -0.3 is 28.7 Å². The summed E-state index contributed by atoms with van der Waals surface area (Å²) in [5.74, 6) is 3.13. The molecule has 0 aromatic heterocycles. The molecule has 0 unspecified atom stereocenters. The van der Waals surface area contributed by atoms with Gasteiger partial charge in [0.1, 0.15) is 0 Å². The first kappa shape index (κ1) is 27.9. The monoisotopic (exact) mass is 466 g/mol. The molecule has 0 aliphatic rings. The molecule has 2 aromatic carbocycles. The first-order valence-corrected chi connectivity index (χ1v) is 10.8. The van der Waals surface area contributed by atoms with E-state index in [0.29, 0.717) is 0 Å². The first-order chi connectivity index (χ1) is 15.0. The Kier molecular flexibility index (Phi) is 12.9. The zero-order valence-corrected chi connectivity index (χ0v) is 21.2. The minimum atomic E-state index is 0. The summed E-state index contributed by atoms with van der Waals surface area (Å²) in [6.45, 7) is 4.19. The number of rotatable bonds is 14. The molecule has 7 heteroatoms. The number of benzene rings is 2. The summed E-state index contributed by atoms with van der Waals surface area (Å²) in [4.78, 5) is 4.78. The standard InChI is InChI=1S/C25H38N2O4.ClH/c1-26(16-12-20-8-10-22(28-3)24(18-20)30-5)14-7-15-27(2)17-13-21-9-11-23(29-4)25(19-21)31-6;/h8-11,18-19H,7,12-17H2,1-6H3;1H. The van der Waals surface area contributed by atoms with Crippen LogP contribution < -0.4 is 18.9 Å². The van der Waals surface area contributed by atoms with Gasteiger partial charge in [-0.25, -0.2) is 0 Å². The molecular weight excluding hydrogens is 428 g/mol. The van der Waals surface area contributed by atoms with Gasteiger partial charge >= 0.3 is 0 Å². The van der Waals surface area contributed by atoms with E-state index in [2.05, 4.69) is 48.2 Å². The van der Waals surface area contributed by atoms with Gasteiger partial charge in [0.2, 0.25) is 0 Å². The van der Waals surface area contributed by atoms with Gasteiger partial charge in [0.05, 0.1) is 28.4 Å². The van der Waals surface area contributed by atoms with Gasteiger partial charge in [-0.15, -0.1) is 12.4 Å². The van der Waals surface area contributed by atoms with Crippen molar-refractivity contribution in [3.8, 4) is 23.0 Å². The lowest BCUT2D eigenvalue weighted by molar-refractivity contribution is 0.281. The van der Waals surface area contributed by atoms with E-state index in [0.717, 1.165) is 68.4 Å². The van der Waals surface area contributed by atoms with Crippen molar-refractivity contribution in [2.75, 3.05) is 68.7 Å². The van der Waals surface area contributed by atoms with Crippen LogP contribution in [0.5, 0.6) is 23.0 Å². The molecule has 0 aliphatic carbocycles. The fourth-order valence-electron chi connectivity index (χ4n) is 3.55. The molecule has 0 N–H and O–H groups in total. The SMILES string of the molecule is COc1ccc(CCN(C)CCCN(C)CCc2ccc(OC)c(OC)c2)cc1OC.Cl. The molecule has 0 heterocycles. The molecule has 2 aromatic rings. The highest BCUT2D eigenvalue weighted by molar-refractivity contribution is 5.85. The van der Waals surface area contributed by atoms with Crippen molar-refractivity contribution in [2.24, 2.45) is 0 Å². The van der Waals surface area contributed by atoms with E-state index in [4.69, 9.17) is 18.9 Å². The molecule has 6 nitrogen and oxygen atoms in total. The van der Waals surface area contributed by atoms with Crippen molar-refractivity contribution in [3.63, 3.8) is 0 Å². The van der Waals surface area contributed by atoms with Gasteiger partial charge in [-0.3, -0.25) is 0 Å². The highest BCUT2D eigenvalue weighted by Crippen LogP contribution is 2.28. The second-order valence-corrected chi connectivity index (χ2v) is 7.84. The molecule has 0 fully saturated rings. The first-order valence-electron chi connectivity index (χ1n) is 10.8. The molecule has 180 valence electrons. The predicted molar refractivity (Wildman–Crippen MR) is 133 cm³/mol. The topological polar surface area (TPSA) is 43.4 Å². The molecule has 2 rings (SSSR count). The summed E-state index contributed by atoms with van der Waals surface area (Å²) in [6, 6.07) is 12.3. The van der Waals surface area contributed by atoms with Crippen LogP contribution in [0, 0.1) is 0 Å². The molecule has 0 saturated heterocycles. The van der Waals surface area contributed by atoms with Crippen LogP contribution in [0.4, 0.5) is 0 Å². The number of hydrogen-bond donors (Lipinski definition) is 0. The van der Waals surface area contributed by atoms with Crippen molar-refractivity contribution in [1.82, 2.24) is 9.80 Å². The van der Waals surface area contributed by atoms with Gasteiger partial charge in [0.15, 0.2) is 23.0 Å². The average molecular weight is 467 g/mol. The number of halogens is 1. The number of ether oxygens (including phenoxy) is 4. The van der Waals surface area contributed by atoms with Crippen molar-refractivity contribution < 1.29 is 18.9 Å². The maximum Gasteiger partial charge on any atom is 0.160 e. The lowest BCUT2D eigenvalue weighted by atomic mass is 10.1. The second kappa shape index (κ2) is 14.8. The van der Waals surface area contributed by atoms with E-state index in [1.54, 1.807) is 28.4 Å². The summed E-state index contributed by atoms with van der Waals surface area (Å²) in [6.07, 6.45) is 3.13. The summed E-state index contributed by atoms with van der Waals surface area (Å²) >= 11 is 0. The molecular formula is C25H39ClN2O4. The van der Waals surface area contributed by atoms with E-state index in [1.165, 1.54) is 11.1 Å². The Bertz CT molecular complexity index is 738. The molecule has 32 heavy (non-hydrogen) atoms. The molecule has 0 spiro atoms. The van der Waals surface area contributed by atoms with E-state index >= 15 is 0 Å². The van der Waals surface area contributed by atoms with E-state index < -0.39 is 0 Å². The van der Waals surface area contributed by atoms with Crippen LogP contribution in [0.1, 0.15) is 17.5 Å². The second-order valence-electron chi connectivity index (χ2n) is 7.84. The predicted octanol–water partition coefficient (Wildman–Crippen LogP) is 4.18. The smallest absolute Gasteiger partial charge is 0.160 e. The fraction of sp³-hybridized carbons (Fsp3) is 0.520. The third-order valence-corrected chi connectivity index (χ3v) is 5.54. The van der Waals surface area contributed by atoms with E-state index in [1.807, 2.05) is 12.1 Å². The fourth-order valence-corrected chi connectivity index (χ4v) is 3.55. The quantitative estimate of drug-likeness (QED) is 0.416. The molecule has 0 atom stereocenters. The Labute approximate surface area is 199 Å². The number of hydrogen-bond acceptors (Lipinski definition) is 6. The van der Waals surface area contributed by atoms with Crippen molar-refractivity contribution >= 4 is 12.4 Å². The van der Waals surface area contributed by atoms with E-state index in [-0.39, 0.29) is 12.4 Å². The number of nitrogens with zero attached hydrogens (tertiary/aromatic N) is 2. The van der Waals surface area contributed by atoms with Crippen LogP contribution >= 0.6 is 12.4 Å². The summed E-state index contributed by atoms with van der Waals surface area (Å²) in [5.41, 5.74) is 2.52. The normalized spacial score (nSPS) is 10.8. The third-order valence-electron chi connectivity index (χ3n) is 5.54. The Morgan fingerprint density at radius 1 is 0.562 bits per heavy atom. The Hall–Kier alpha value is -2.15. The van der Waals surface area contributed by atoms with Crippen molar-refractivity contribution in [2.45, 2.75) is 19.3 Å². The van der Waals surface area contributed by atoms with Crippen LogP contribution in [0.25, 0.3) is 0 Å². The summed E-state index contributed by atoms with van der Waals surface area (Å²) in [7, 11) is 11.0. The van der Waals surface area contributed by atoms with Gasteiger partial charge in [-0.2, -0.15) is 0 Å². The highest BCUT2D eigenvalue weighted by Gasteiger charge is 2.08. The number of likely N-dealkylation sites (N-methyl/N-ethyl adjacent to an activating group) is 2. The maximum atomic E-state index is 5.40. The summed E-state index contributed by atoms with van der Waals surface area (Å²) in [5, 5.41) is 0. The van der Waals surface area contributed by atoms with Gasteiger partial charge in [-0.1, -0.05) is 12.1 Å². The zero-order chi connectivity index (χ0) is 22.6. The van der Waals surface area contributed by atoms with Crippen LogP contribution in [0.15, 0.2) is 36.4 Å². The third kappa shape index (κ3) is 8.77. The van der Waals surface area contributed by atoms with Crippen LogP contribution in [-0.2, 0) is 12.8 Å². The van der Waals surface area contributed by atoms with Crippen LogP contribution in [-0.4, -0.2) is 78.5 Å². The molecule has 0 radical (unpaired) electrons. The largest absolute Gasteiger partial charge is 0.493 e. The molecule has 0 saturated carbocycles. The zero-order valence-electron chi connectivity index (χ0n) is 20.3. The average Bonchev–Trinajstić information content (AvgIpc) is 2.80. The Morgan fingerprint density at radius 3 is 1.28 bits per heavy atom. The van der Waals surface area contributed by atoms with Crippen molar-refractivity contribution in [1.29, 1.82) is 0 Å².